The molecule has 1 N–H and O–H groups in total. The van der Waals surface area contributed by atoms with Crippen LogP contribution >= 0.6 is 0 Å². The van der Waals surface area contributed by atoms with Gasteiger partial charge in [-0.25, -0.2) is 9.97 Å². The van der Waals surface area contributed by atoms with Crippen LogP contribution in [0.3, 0.4) is 0 Å². The molecule has 5 rings (SSSR count). The van der Waals surface area contributed by atoms with E-state index in [4.69, 9.17) is 4.98 Å². The highest BCUT2D eigenvalue weighted by Gasteiger charge is 2.21. The Bertz CT molecular complexity index is 1430. The van der Waals surface area contributed by atoms with Crippen molar-refractivity contribution in [3.8, 4) is 0 Å². The Morgan fingerprint density at radius 1 is 0.944 bits per heavy atom. The molecule has 36 heavy (non-hydrogen) atoms. The number of amides is 1. The fraction of sp³-hybridized carbons (Fsp3) is 0.241. The van der Waals surface area contributed by atoms with E-state index in [1.165, 1.54) is 0 Å². The number of aryl methyl sites for hydroxylation is 1. The summed E-state index contributed by atoms with van der Waals surface area (Å²) >= 11 is 0. The van der Waals surface area contributed by atoms with Crippen molar-refractivity contribution in [3.63, 3.8) is 0 Å². The van der Waals surface area contributed by atoms with Crippen molar-refractivity contribution in [1.82, 2.24) is 9.97 Å². The zero-order valence-corrected chi connectivity index (χ0v) is 20.2. The van der Waals surface area contributed by atoms with Crippen LogP contribution in [0, 0.1) is 6.92 Å². The van der Waals surface area contributed by atoms with Gasteiger partial charge in [0.25, 0.3) is 5.91 Å². The van der Waals surface area contributed by atoms with E-state index in [0.717, 1.165) is 42.3 Å². The molecule has 7 heteroatoms. The quantitative estimate of drug-likeness (QED) is 0.434. The number of rotatable bonds is 7. The van der Waals surface area contributed by atoms with Crippen LogP contribution in [0.4, 0.5) is 11.5 Å². The minimum absolute atomic E-state index is 0.161. The summed E-state index contributed by atoms with van der Waals surface area (Å²) in [4.78, 5) is 35.6. The molecule has 0 saturated carbocycles. The number of benzene rings is 3. The highest BCUT2D eigenvalue weighted by Crippen LogP contribution is 2.26. The SMILES string of the molecule is Cc1nc(Cc2ccc(NC(=O)c3ccc4ccccc4c3)cc2)nc(N2CCCC2)c1CC(=O)[O-]. The standard InChI is InChI=1S/C29H28N4O3/c1-19-25(18-27(34)35)28(33-14-4-5-15-33)32-26(30-19)16-20-8-12-24(13-9-20)31-29(36)23-11-10-21-6-2-3-7-22(21)17-23/h2-3,6-13,17H,4-5,14-16,18H2,1H3,(H,31,36)(H,34,35)/p-1. The van der Waals surface area contributed by atoms with E-state index in [2.05, 4.69) is 15.2 Å². The third kappa shape index (κ3) is 5.20. The smallest absolute Gasteiger partial charge is 0.255 e. The van der Waals surface area contributed by atoms with Gasteiger partial charge < -0.3 is 20.1 Å². The van der Waals surface area contributed by atoms with Crippen LogP contribution in [0.5, 0.6) is 0 Å². The maximum absolute atomic E-state index is 12.8. The number of aromatic nitrogens is 2. The molecule has 0 spiro atoms. The van der Waals surface area contributed by atoms with Crippen LogP contribution in [0.25, 0.3) is 10.8 Å². The molecular formula is C29H27N4O3-. The fourth-order valence-corrected chi connectivity index (χ4v) is 4.68. The minimum atomic E-state index is -1.13. The van der Waals surface area contributed by atoms with E-state index in [9.17, 15) is 14.7 Å². The van der Waals surface area contributed by atoms with Crippen molar-refractivity contribution in [2.75, 3.05) is 23.3 Å². The lowest BCUT2D eigenvalue weighted by molar-refractivity contribution is -0.304. The molecule has 0 bridgehead atoms. The summed E-state index contributed by atoms with van der Waals surface area (Å²) in [7, 11) is 0. The van der Waals surface area contributed by atoms with E-state index in [-0.39, 0.29) is 12.3 Å². The van der Waals surface area contributed by atoms with Crippen molar-refractivity contribution >= 4 is 34.2 Å². The molecule has 7 nitrogen and oxygen atoms in total. The first-order valence-electron chi connectivity index (χ1n) is 12.2. The summed E-state index contributed by atoms with van der Waals surface area (Å²) < 4.78 is 0. The number of aliphatic carboxylic acids is 1. The van der Waals surface area contributed by atoms with Gasteiger partial charge in [-0.2, -0.15) is 0 Å². The Morgan fingerprint density at radius 2 is 1.67 bits per heavy atom. The molecule has 3 aromatic carbocycles. The lowest BCUT2D eigenvalue weighted by Gasteiger charge is -2.22. The molecule has 1 aliphatic rings. The zero-order valence-electron chi connectivity index (χ0n) is 20.2. The first-order valence-corrected chi connectivity index (χ1v) is 12.2. The third-order valence-electron chi connectivity index (χ3n) is 6.55. The van der Waals surface area contributed by atoms with Gasteiger partial charge in [0.15, 0.2) is 0 Å². The van der Waals surface area contributed by atoms with Crippen molar-refractivity contribution in [2.45, 2.75) is 32.6 Å². The molecule has 1 aliphatic heterocycles. The number of carbonyl (C=O) groups excluding carboxylic acids is 2. The number of nitrogens with zero attached hydrogens (tertiary/aromatic N) is 3. The molecule has 1 fully saturated rings. The molecule has 0 atom stereocenters. The highest BCUT2D eigenvalue weighted by atomic mass is 16.4. The second-order valence-corrected chi connectivity index (χ2v) is 9.16. The molecular weight excluding hydrogens is 452 g/mol. The Hall–Kier alpha value is -4.26. The highest BCUT2D eigenvalue weighted by molar-refractivity contribution is 6.06. The number of carboxylic acids is 1. The van der Waals surface area contributed by atoms with Crippen LogP contribution < -0.4 is 15.3 Å². The van der Waals surface area contributed by atoms with Gasteiger partial charge in [0.2, 0.25) is 0 Å². The van der Waals surface area contributed by atoms with Gasteiger partial charge in [0.05, 0.1) is 0 Å². The van der Waals surface area contributed by atoms with E-state index in [1.54, 1.807) is 0 Å². The second-order valence-electron chi connectivity index (χ2n) is 9.16. The molecule has 2 heterocycles. The van der Waals surface area contributed by atoms with E-state index >= 15 is 0 Å². The number of carboxylic acid groups (broad SMARTS) is 1. The van der Waals surface area contributed by atoms with Crippen molar-refractivity contribution in [2.24, 2.45) is 0 Å². The van der Waals surface area contributed by atoms with Gasteiger partial charge in [-0.15, -0.1) is 0 Å². The Labute approximate surface area is 209 Å². The van der Waals surface area contributed by atoms with Gasteiger partial charge in [0.1, 0.15) is 11.6 Å². The molecule has 1 aromatic heterocycles. The maximum Gasteiger partial charge on any atom is 0.255 e. The number of nitrogens with one attached hydrogen (secondary N) is 1. The molecule has 0 unspecified atom stereocenters. The minimum Gasteiger partial charge on any atom is -0.550 e. The number of anilines is 2. The number of hydrogen-bond acceptors (Lipinski definition) is 6. The molecule has 182 valence electrons. The lowest BCUT2D eigenvalue weighted by Crippen LogP contribution is -2.28. The monoisotopic (exact) mass is 479 g/mol. The average molecular weight is 480 g/mol. The maximum atomic E-state index is 12.8. The van der Waals surface area contributed by atoms with Gasteiger partial charge in [-0.05, 0) is 60.4 Å². The third-order valence-corrected chi connectivity index (χ3v) is 6.55. The zero-order chi connectivity index (χ0) is 25.1. The molecule has 0 radical (unpaired) electrons. The molecule has 4 aromatic rings. The van der Waals surface area contributed by atoms with Crippen LogP contribution in [0.1, 0.15) is 45.8 Å². The van der Waals surface area contributed by atoms with Crippen LogP contribution in [-0.2, 0) is 17.6 Å². The van der Waals surface area contributed by atoms with Crippen LogP contribution in [-0.4, -0.2) is 34.9 Å². The normalized spacial score (nSPS) is 13.2. The largest absolute Gasteiger partial charge is 0.550 e. The second kappa shape index (κ2) is 10.2. The Morgan fingerprint density at radius 3 is 2.39 bits per heavy atom. The average Bonchev–Trinajstić information content (AvgIpc) is 3.41. The Kier molecular flexibility index (Phi) is 6.62. The van der Waals surface area contributed by atoms with Gasteiger partial charge in [-0.1, -0.05) is 42.5 Å². The summed E-state index contributed by atoms with van der Waals surface area (Å²) in [5.41, 5.74) is 3.61. The van der Waals surface area contributed by atoms with E-state index in [1.807, 2.05) is 73.7 Å². The summed E-state index contributed by atoms with van der Waals surface area (Å²) in [6.07, 6.45) is 2.45. The lowest BCUT2D eigenvalue weighted by atomic mass is 10.1. The van der Waals surface area contributed by atoms with Crippen molar-refractivity contribution in [3.05, 3.63) is 94.9 Å². The summed E-state index contributed by atoms with van der Waals surface area (Å²) in [5.74, 6) is 0.0605. The first-order chi connectivity index (χ1) is 17.5. The number of carbonyl (C=O) groups is 2. The van der Waals surface area contributed by atoms with Gasteiger partial charge >= 0.3 is 0 Å². The van der Waals surface area contributed by atoms with Gasteiger partial charge in [-0.3, -0.25) is 4.79 Å². The molecule has 1 saturated heterocycles. The van der Waals surface area contributed by atoms with Crippen molar-refractivity contribution < 1.29 is 14.7 Å². The van der Waals surface area contributed by atoms with Crippen LogP contribution in [0.2, 0.25) is 0 Å². The van der Waals surface area contributed by atoms with E-state index < -0.39 is 5.97 Å². The Balaban J connectivity index is 1.31. The van der Waals surface area contributed by atoms with Crippen molar-refractivity contribution in [1.29, 1.82) is 0 Å². The molecule has 0 aliphatic carbocycles. The number of fused-ring (bicyclic) bond motifs is 1. The predicted molar refractivity (Wildman–Crippen MR) is 138 cm³/mol. The molecule has 1 amide bonds. The summed E-state index contributed by atoms with van der Waals surface area (Å²) in [5, 5.41) is 16.4. The number of hydrogen-bond donors (Lipinski definition) is 1. The fourth-order valence-electron chi connectivity index (χ4n) is 4.68. The van der Waals surface area contributed by atoms with Gasteiger partial charge in [0, 0.05) is 54.4 Å². The predicted octanol–water partition coefficient (Wildman–Crippen LogP) is 3.67. The van der Waals surface area contributed by atoms with Crippen LogP contribution in [0.15, 0.2) is 66.7 Å². The van der Waals surface area contributed by atoms with E-state index in [0.29, 0.717) is 40.6 Å². The summed E-state index contributed by atoms with van der Waals surface area (Å²) in [6.45, 7) is 3.55. The first kappa shape index (κ1) is 23.5. The topological polar surface area (TPSA) is 98.2 Å². The summed E-state index contributed by atoms with van der Waals surface area (Å²) in [6, 6.07) is 21.2.